The van der Waals surface area contributed by atoms with Crippen molar-refractivity contribution >= 4 is 0 Å². The first-order chi connectivity index (χ1) is 10.2. The summed E-state index contributed by atoms with van der Waals surface area (Å²) in [6.45, 7) is 0.888. The average Bonchev–Trinajstić information content (AvgIpc) is 2.90. The van der Waals surface area contributed by atoms with Crippen molar-refractivity contribution in [1.29, 1.82) is 0 Å². The lowest BCUT2D eigenvalue weighted by Crippen LogP contribution is -2.28. The van der Waals surface area contributed by atoms with E-state index in [0.29, 0.717) is 12.2 Å². The number of nitrogens with one attached hydrogen (secondary N) is 1. The molecule has 3 rings (SSSR count). The van der Waals surface area contributed by atoms with E-state index in [1.807, 2.05) is 30.3 Å². The summed E-state index contributed by atoms with van der Waals surface area (Å²) in [5.41, 5.74) is 0.902. The molecule has 0 amide bonds. The van der Waals surface area contributed by atoms with Crippen molar-refractivity contribution in [2.24, 2.45) is 0 Å². The summed E-state index contributed by atoms with van der Waals surface area (Å²) in [5.74, 6) is 0. The van der Waals surface area contributed by atoms with Crippen LogP contribution in [0, 0.1) is 0 Å². The fourth-order valence-electron chi connectivity index (χ4n) is 2.00. The molecule has 0 saturated carbocycles. The van der Waals surface area contributed by atoms with Crippen molar-refractivity contribution in [2.75, 3.05) is 0 Å². The molecular formula is C14H13N5O2. The van der Waals surface area contributed by atoms with Crippen molar-refractivity contribution < 1.29 is 0 Å². The molecule has 0 unspecified atom stereocenters. The van der Waals surface area contributed by atoms with Gasteiger partial charge in [-0.05, 0) is 5.56 Å². The minimum Gasteiger partial charge on any atom is -0.294 e. The summed E-state index contributed by atoms with van der Waals surface area (Å²) in [7, 11) is 0. The van der Waals surface area contributed by atoms with Gasteiger partial charge in [-0.15, -0.1) is 5.10 Å². The maximum Gasteiger partial charge on any atom is 0.328 e. The number of hydrogen-bond donors (Lipinski definition) is 1. The van der Waals surface area contributed by atoms with Gasteiger partial charge in [-0.1, -0.05) is 35.5 Å². The van der Waals surface area contributed by atoms with Gasteiger partial charge in [0.1, 0.15) is 5.69 Å². The molecule has 0 aliphatic rings. The summed E-state index contributed by atoms with van der Waals surface area (Å²) in [5, 5.41) is 8.07. The average molecular weight is 283 g/mol. The van der Waals surface area contributed by atoms with Crippen LogP contribution in [0.3, 0.4) is 0 Å². The van der Waals surface area contributed by atoms with E-state index in [-0.39, 0.29) is 6.54 Å². The van der Waals surface area contributed by atoms with Gasteiger partial charge in [0.2, 0.25) is 0 Å². The van der Waals surface area contributed by atoms with Crippen LogP contribution in [0.1, 0.15) is 11.3 Å². The third-order valence-electron chi connectivity index (χ3n) is 3.00. The van der Waals surface area contributed by atoms with E-state index in [1.165, 1.54) is 16.8 Å². The number of rotatable bonds is 4. The molecule has 1 aromatic carbocycles. The second-order valence-corrected chi connectivity index (χ2v) is 4.63. The molecule has 7 nitrogen and oxygen atoms in total. The third kappa shape index (κ3) is 3.14. The predicted octanol–water partition coefficient (Wildman–Crippen LogP) is 0.225. The largest absolute Gasteiger partial charge is 0.328 e. The molecule has 3 aromatic rings. The van der Waals surface area contributed by atoms with Crippen molar-refractivity contribution in [3.63, 3.8) is 0 Å². The quantitative estimate of drug-likeness (QED) is 0.742. The van der Waals surface area contributed by atoms with Crippen molar-refractivity contribution in [2.45, 2.75) is 13.1 Å². The Bertz CT molecular complexity index is 847. The molecule has 7 heteroatoms. The van der Waals surface area contributed by atoms with Crippen LogP contribution < -0.4 is 11.2 Å². The molecule has 0 bridgehead atoms. The SMILES string of the molecule is O=c1ccn(Cc2cn(Cc3ccccc3)nn2)c(=O)[nH]1. The van der Waals surface area contributed by atoms with Gasteiger partial charge in [-0.25, -0.2) is 9.48 Å². The summed E-state index contributed by atoms with van der Waals surface area (Å²) >= 11 is 0. The fraction of sp³-hybridized carbons (Fsp3) is 0.143. The van der Waals surface area contributed by atoms with E-state index >= 15 is 0 Å². The van der Waals surface area contributed by atoms with E-state index in [0.717, 1.165) is 5.56 Å². The first kappa shape index (κ1) is 13.0. The van der Waals surface area contributed by atoms with Gasteiger partial charge in [0, 0.05) is 12.3 Å². The van der Waals surface area contributed by atoms with Crippen molar-refractivity contribution in [1.82, 2.24) is 24.5 Å². The molecule has 0 fully saturated rings. The number of H-pyrrole nitrogens is 1. The van der Waals surface area contributed by atoms with Crippen LogP contribution in [0.15, 0.2) is 58.4 Å². The first-order valence-corrected chi connectivity index (χ1v) is 6.43. The number of nitrogens with zero attached hydrogens (tertiary/aromatic N) is 4. The molecule has 0 radical (unpaired) electrons. The van der Waals surface area contributed by atoms with Crippen molar-refractivity contribution in [3.05, 3.63) is 80.9 Å². The fourth-order valence-corrected chi connectivity index (χ4v) is 2.00. The molecule has 2 aromatic heterocycles. The highest BCUT2D eigenvalue weighted by Crippen LogP contribution is 2.02. The summed E-state index contributed by atoms with van der Waals surface area (Å²) in [6.07, 6.45) is 3.22. The smallest absolute Gasteiger partial charge is 0.294 e. The first-order valence-electron chi connectivity index (χ1n) is 6.43. The maximum absolute atomic E-state index is 11.6. The minimum atomic E-state index is -0.458. The highest BCUT2D eigenvalue weighted by Gasteiger charge is 2.04. The summed E-state index contributed by atoms with van der Waals surface area (Å²) < 4.78 is 3.08. The lowest BCUT2D eigenvalue weighted by atomic mass is 10.2. The number of benzene rings is 1. The summed E-state index contributed by atoms with van der Waals surface area (Å²) in [4.78, 5) is 24.8. The lowest BCUT2D eigenvalue weighted by molar-refractivity contribution is 0.648. The Hall–Kier alpha value is -2.96. The Morgan fingerprint density at radius 2 is 1.86 bits per heavy atom. The van der Waals surface area contributed by atoms with E-state index < -0.39 is 11.2 Å². The second kappa shape index (κ2) is 5.58. The van der Waals surface area contributed by atoms with Crippen LogP contribution in [-0.2, 0) is 13.1 Å². The van der Waals surface area contributed by atoms with Crippen molar-refractivity contribution in [3.8, 4) is 0 Å². The van der Waals surface area contributed by atoms with Crippen LogP contribution in [0.2, 0.25) is 0 Å². The zero-order valence-electron chi connectivity index (χ0n) is 11.1. The number of aromatic amines is 1. The molecule has 2 heterocycles. The van der Waals surface area contributed by atoms with E-state index in [1.54, 1.807) is 10.9 Å². The highest BCUT2D eigenvalue weighted by molar-refractivity contribution is 5.14. The molecule has 0 saturated heterocycles. The minimum absolute atomic E-state index is 0.268. The van der Waals surface area contributed by atoms with Gasteiger partial charge in [0.15, 0.2) is 0 Å². The topological polar surface area (TPSA) is 85.6 Å². The standard InChI is InChI=1S/C14H13N5O2/c20-13-6-7-18(14(21)15-13)9-12-10-19(17-16-12)8-11-4-2-1-3-5-11/h1-7,10H,8-9H2,(H,15,20,21). The van der Waals surface area contributed by atoms with Gasteiger partial charge in [-0.2, -0.15) is 0 Å². The highest BCUT2D eigenvalue weighted by atomic mass is 16.2. The molecule has 1 N–H and O–H groups in total. The monoisotopic (exact) mass is 283 g/mol. The number of hydrogen-bond acceptors (Lipinski definition) is 4. The normalized spacial score (nSPS) is 10.7. The molecular weight excluding hydrogens is 270 g/mol. The van der Waals surface area contributed by atoms with E-state index in [2.05, 4.69) is 15.3 Å². The van der Waals surface area contributed by atoms with Crippen LogP contribution >= 0.6 is 0 Å². The third-order valence-corrected chi connectivity index (χ3v) is 3.00. The number of aromatic nitrogens is 5. The van der Waals surface area contributed by atoms with E-state index in [9.17, 15) is 9.59 Å². The maximum atomic E-state index is 11.6. The molecule has 21 heavy (non-hydrogen) atoms. The Balaban J connectivity index is 1.76. The zero-order valence-corrected chi connectivity index (χ0v) is 11.1. The van der Waals surface area contributed by atoms with Gasteiger partial charge in [0.05, 0.1) is 19.3 Å². The van der Waals surface area contributed by atoms with Gasteiger partial charge in [-0.3, -0.25) is 14.3 Å². The molecule has 106 valence electrons. The summed E-state index contributed by atoms with van der Waals surface area (Å²) in [6, 6.07) is 11.2. The van der Waals surface area contributed by atoms with Crippen LogP contribution in [0.4, 0.5) is 0 Å². The Kier molecular flexibility index (Phi) is 3.46. The molecule has 0 spiro atoms. The molecule has 0 aliphatic heterocycles. The van der Waals surface area contributed by atoms with Gasteiger partial charge >= 0.3 is 5.69 Å². The van der Waals surface area contributed by atoms with Gasteiger partial charge in [0.25, 0.3) is 5.56 Å². The zero-order chi connectivity index (χ0) is 14.7. The van der Waals surface area contributed by atoms with Crippen LogP contribution in [-0.4, -0.2) is 24.5 Å². The Labute approximate surface area is 119 Å². The second-order valence-electron chi connectivity index (χ2n) is 4.63. The Morgan fingerprint density at radius 3 is 2.62 bits per heavy atom. The van der Waals surface area contributed by atoms with E-state index in [4.69, 9.17) is 0 Å². The van der Waals surface area contributed by atoms with Crippen LogP contribution in [0.5, 0.6) is 0 Å². The molecule has 0 aliphatic carbocycles. The van der Waals surface area contributed by atoms with Gasteiger partial charge < -0.3 is 0 Å². The van der Waals surface area contributed by atoms with Crippen LogP contribution in [0.25, 0.3) is 0 Å². The lowest BCUT2D eigenvalue weighted by Gasteiger charge is -2.01. The molecule has 0 atom stereocenters. The predicted molar refractivity (Wildman–Crippen MR) is 76.0 cm³/mol. The Morgan fingerprint density at radius 1 is 1.05 bits per heavy atom.